The maximum atomic E-state index is 13.3. The molecule has 2 heterocycles. The average Bonchev–Trinajstić information content (AvgIpc) is 2.96. The van der Waals surface area contributed by atoms with Gasteiger partial charge in [-0.15, -0.1) is 0 Å². The van der Waals surface area contributed by atoms with Crippen LogP contribution in [0.15, 0.2) is 36.4 Å². The van der Waals surface area contributed by atoms with Crippen molar-refractivity contribution in [3.63, 3.8) is 0 Å². The molecule has 0 saturated carbocycles. The fraction of sp³-hybridized carbons (Fsp3) is 0.263. The quantitative estimate of drug-likeness (QED) is 0.766. The molecule has 0 saturated heterocycles. The smallest absolute Gasteiger partial charge is 0.338 e. The van der Waals surface area contributed by atoms with Gasteiger partial charge in [-0.2, -0.15) is 5.10 Å². The Hall–Kier alpha value is -2.69. The van der Waals surface area contributed by atoms with Crippen LogP contribution in [0.2, 0.25) is 0 Å². The number of fused-ring (bicyclic) bond motifs is 1. The summed E-state index contributed by atoms with van der Waals surface area (Å²) >= 11 is 0. The first kappa shape index (κ1) is 16.2. The van der Waals surface area contributed by atoms with E-state index in [4.69, 9.17) is 0 Å². The van der Waals surface area contributed by atoms with Crippen LogP contribution in [-0.2, 0) is 6.42 Å². The van der Waals surface area contributed by atoms with E-state index in [9.17, 15) is 14.3 Å². The van der Waals surface area contributed by atoms with Crippen LogP contribution in [0, 0.1) is 5.82 Å². The molecule has 0 spiro atoms. The van der Waals surface area contributed by atoms with Crippen LogP contribution < -0.4 is 0 Å². The minimum Gasteiger partial charge on any atom is -0.478 e. The highest BCUT2D eigenvalue weighted by Crippen LogP contribution is 2.34. The molecule has 0 aliphatic rings. The Kier molecular flexibility index (Phi) is 4.09. The maximum Gasteiger partial charge on any atom is 0.338 e. The van der Waals surface area contributed by atoms with Gasteiger partial charge in [0.05, 0.1) is 16.8 Å². The van der Waals surface area contributed by atoms with E-state index in [0.717, 1.165) is 17.6 Å². The van der Waals surface area contributed by atoms with Crippen molar-refractivity contribution in [1.29, 1.82) is 0 Å². The van der Waals surface area contributed by atoms with Crippen molar-refractivity contribution in [2.75, 3.05) is 0 Å². The normalized spacial score (nSPS) is 11.4. The summed E-state index contributed by atoms with van der Waals surface area (Å²) in [4.78, 5) is 12.0. The lowest BCUT2D eigenvalue weighted by molar-refractivity contribution is 0.0695. The van der Waals surface area contributed by atoms with E-state index >= 15 is 0 Å². The SMILES string of the molecule is CCc1ccc2c(-c3ccc(F)cc3)c(C(=O)O)c(C(C)C)nn12. The number of rotatable bonds is 4. The highest BCUT2D eigenvalue weighted by Gasteiger charge is 2.24. The van der Waals surface area contributed by atoms with Gasteiger partial charge < -0.3 is 5.11 Å². The summed E-state index contributed by atoms with van der Waals surface area (Å²) < 4.78 is 15.1. The molecule has 0 radical (unpaired) electrons. The molecule has 1 N–H and O–H groups in total. The van der Waals surface area contributed by atoms with Crippen molar-refractivity contribution in [3.8, 4) is 11.1 Å². The first-order valence-corrected chi connectivity index (χ1v) is 7.97. The zero-order chi connectivity index (χ0) is 17.4. The lowest BCUT2D eigenvalue weighted by Gasteiger charge is -2.16. The Morgan fingerprint density at radius 3 is 2.42 bits per heavy atom. The number of aryl methyl sites for hydroxylation is 1. The molecular weight excluding hydrogens is 307 g/mol. The molecule has 24 heavy (non-hydrogen) atoms. The molecule has 0 bridgehead atoms. The van der Waals surface area contributed by atoms with Gasteiger partial charge in [-0.3, -0.25) is 0 Å². The van der Waals surface area contributed by atoms with Crippen LogP contribution in [0.25, 0.3) is 16.6 Å². The van der Waals surface area contributed by atoms with Crippen molar-refractivity contribution in [1.82, 2.24) is 9.61 Å². The summed E-state index contributed by atoms with van der Waals surface area (Å²) in [5.74, 6) is -1.42. The molecule has 4 nitrogen and oxygen atoms in total. The summed E-state index contributed by atoms with van der Waals surface area (Å²) in [6, 6.07) is 9.74. The summed E-state index contributed by atoms with van der Waals surface area (Å²) in [5, 5.41) is 14.4. The second kappa shape index (κ2) is 6.07. The molecule has 0 fully saturated rings. The van der Waals surface area contributed by atoms with Gasteiger partial charge >= 0.3 is 5.97 Å². The van der Waals surface area contributed by atoms with Crippen molar-refractivity contribution in [2.45, 2.75) is 33.1 Å². The minimum absolute atomic E-state index is 0.0493. The number of aromatic nitrogens is 2. The van der Waals surface area contributed by atoms with Gasteiger partial charge in [0.15, 0.2) is 0 Å². The van der Waals surface area contributed by atoms with Crippen LogP contribution in [0.5, 0.6) is 0 Å². The number of hydrogen-bond acceptors (Lipinski definition) is 2. The number of hydrogen-bond donors (Lipinski definition) is 1. The first-order valence-electron chi connectivity index (χ1n) is 7.97. The monoisotopic (exact) mass is 326 g/mol. The van der Waals surface area contributed by atoms with Crippen LogP contribution in [0.1, 0.15) is 48.4 Å². The zero-order valence-corrected chi connectivity index (χ0v) is 13.9. The highest BCUT2D eigenvalue weighted by atomic mass is 19.1. The predicted molar refractivity (Wildman–Crippen MR) is 91.0 cm³/mol. The van der Waals surface area contributed by atoms with E-state index in [1.807, 2.05) is 32.9 Å². The van der Waals surface area contributed by atoms with Gasteiger partial charge in [0.25, 0.3) is 0 Å². The molecule has 124 valence electrons. The number of nitrogens with zero attached hydrogens (tertiary/aromatic N) is 2. The molecule has 1 aromatic carbocycles. The zero-order valence-electron chi connectivity index (χ0n) is 13.9. The molecule has 0 atom stereocenters. The van der Waals surface area contributed by atoms with Gasteiger partial charge in [-0.1, -0.05) is 32.9 Å². The van der Waals surface area contributed by atoms with E-state index in [1.165, 1.54) is 12.1 Å². The van der Waals surface area contributed by atoms with Crippen LogP contribution in [-0.4, -0.2) is 20.7 Å². The van der Waals surface area contributed by atoms with Crippen molar-refractivity contribution >= 4 is 11.5 Å². The third-order valence-electron chi connectivity index (χ3n) is 4.16. The third kappa shape index (κ3) is 2.56. The Bertz CT molecular complexity index is 911. The van der Waals surface area contributed by atoms with Gasteiger partial charge in [0, 0.05) is 11.3 Å². The number of aromatic carboxylic acids is 1. The Morgan fingerprint density at radius 1 is 1.21 bits per heavy atom. The van der Waals surface area contributed by atoms with Gasteiger partial charge in [-0.25, -0.2) is 13.7 Å². The summed E-state index contributed by atoms with van der Waals surface area (Å²) in [6.07, 6.45) is 0.786. The number of benzene rings is 1. The molecule has 3 rings (SSSR count). The number of carboxylic acid groups (broad SMARTS) is 1. The van der Waals surface area contributed by atoms with Crippen LogP contribution in [0.4, 0.5) is 4.39 Å². The lowest BCUT2D eigenvalue weighted by atomic mass is 9.94. The summed E-state index contributed by atoms with van der Waals surface area (Å²) in [6.45, 7) is 5.87. The van der Waals surface area contributed by atoms with Crippen molar-refractivity contribution in [2.24, 2.45) is 0 Å². The van der Waals surface area contributed by atoms with E-state index in [1.54, 1.807) is 16.6 Å². The van der Waals surface area contributed by atoms with Crippen LogP contribution in [0.3, 0.4) is 0 Å². The summed E-state index contributed by atoms with van der Waals surface area (Å²) in [5.41, 5.74) is 3.70. The molecule has 0 unspecified atom stereocenters. The number of carboxylic acids is 1. The van der Waals surface area contributed by atoms with Crippen molar-refractivity contribution in [3.05, 3.63) is 59.2 Å². The Balaban J connectivity index is 2.47. The maximum absolute atomic E-state index is 13.3. The molecule has 0 aliphatic carbocycles. The molecule has 0 aliphatic heterocycles. The largest absolute Gasteiger partial charge is 0.478 e. The van der Waals surface area contributed by atoms with E-state index in [0.29, 0.717) is 16.8 Å². The van der Waals surface area contributed by atoms with Crippen molar-refractivity contribution < 1.29 is 14.3 Å². The highest BCUT2D eigenvalue weighted by molar-refractivity contribution is 6.02. The molecule has 5 heteroatoms. The fourth-order valence-electron chi connectivity index (χ4n) is 2.99. The third-order valence-corrected chi connectivity index (χ3v) is 4.16. The average molecular weight is 326 g/mol. The van der Waals surface area contributed by atoms with Gasteiger partial charge in [0.2, 0.25) is 0 Å². The fourth-order valence-corrected chi connectivity index (χ4v) is 2.99. The summed E-state index contributed by atoms with van der Waals surface area (Å²) in [7, 11) is 0. The Labute approximate surface area is 139 Å². The molecular formula is C19H19FN2O2. The first-order chi connectivity index (χ1) is 11.4. The Morgan fingerprint density at radius 2 is 1.88 bits per heavy atom. The second-order valence-corrected chi connectivity index (χ2v) is 6.08. The second-order valence-electron chi connectivity index (χ2n) is 6.08. The molecule has 2 aromatic heterocycles. The lowest BCUT2D eigenvalue weighted by Crippen LogP contribution is -2.13. The van der Waals surface area contributed by atoms with Gasteiger partial charge in [-0.05, 0) is 42.2 Å². The van der Waals surface area contributed by atoms with E-state index < -0.39 is 5.97 Å². The standard InChI is InChI=1S/C19H19FN2O2/c1-4-14-9-10-15-16(12-5-7-13(20)8-6-12)17(19(23)24)18(11(2)3)21-22(14)15/h5-11H,4H2,1-3H3,(H,23,24). The number of halogens is 1. The van der Waals surface area contributed by atoms with E-state index in [2.05, 4.69) is 5.10 Å². The number of carbonyl (C=O) groups is 1. The topological polar surface area (TPSA) is 54.6 Å². The predicted octanol–water partition coefficient (Wildman–Crippen LogP) is 4.52. The molecule has 0 amide bonds. The minimum atomic E-state index is -1.02. The molecule has 3 aromatic rings. The van der Waals surface area contributed by atoms with Crippen LogP contribution >= 0.6 is 0 Å². The van der Waals surface area contributed by atoms with Gasteiger partial charge in [0.1, 0.15) is 5.82 Å². The van der Waals surface area contributed by atoms with E-state index in [-0.39, 0.29) is 17.3 Å².